The average molecular weight is 497 g/mol. The lowest BCUT2D eigenvalue weighted by atomic mass is 9.97. The molecule has 4 nitrogen and oxygen atoms in total. The van der Waals surface area contributed by atoms with E-state index in [1.165, 1.54) is 16.9 Å². The number of aryl methyl sites for hydroxylation is 4. The van der Waals surface area contributed by atoms with Crippen molar-refractivity contribution in [3.63, 3.8) is 0 Å². The second-order valence-electron chi connectivity index (χ2n) is 8.37. The van der Waals surface area contributed by atoms with Gasteiger partial charge in [-0.25, -0.2) is 4.98 Å². The van der Waals surface area contributed by atoms with Crippen LogP contribution in [0.15, 0.2) is 52.4 Å². The number of thiophene rings is 1. The van der Waals surface area contributed by atoms with Gasteiger partial charge in [-0.15, -0.1) is 11.3 Å². The SMILES string of the molecule is Cc1ccc(C)c(-n2c(SCCOc3ccc(Cl)cc3)nc3sc4c(c3c2=O)CCCC4)c1. The molecule has 0 bridgehead atoms. The van der Waals surface area contributed by atoms with Gasteiger partial charge >= 0.3 is 0 Å². The Kier molecular flexibility index (Phi) is 6.50. The van der Waals surface area contributed by atoms with E-state index in [0.29, 0.717) is 17.4 Å². The second kappa shape index (κ2) is 9.53. The summed E-state index contributed by atoms with van der Waals surface area (Å²) in [4.78, 5) is 21.1. The Morgan fingerprint density at radius 3 is 2.73 bits per heavy atom. The summed E-state index contributed by atoms with van der Waals surface area (Å²) in [6, 6.07) is 13.6. The van der Waals surface area contributed by atoms with E-state index < -0.39 is 0 Å². The predicted molar refractivity (Wildman–Crippen MR) is 139 cm³/mol. The lowest BCUT2D eigenvalue weighted by molar-refractivity contribution is 0.344. The van der Waals surface area contributed by atoms with Crippen LogP contribution in [0.1, 0.15) is 34.4 Å². The van der Waals surface area contributed by atoms with E-state index in [1.54, 1.807) is 23.1 Å². The van der Waals surface area contributed by atoms with E-state index in [2.05, 4.69) is 25.1 Å². The second-order valence-corrected chi connectivity index (χ2v) is 10.9. The summed E-state index contributed by atoms with van der Waals surface area (Å²) in [6.45, 7) is 4.61. The fourth-order valence-corrected chi connectivity index (χ4v) is 6.53. The van der Waals surface area contributed by atoms with Gasteiger partial charge in [-0.1, -0.05) is 35.5 Å². The zero-order valence-corrected chi connectivity index (χ0v) is 21.1. The molecule has 2 aromatic heterocycles. The highest BCUT2D eigenvalue weighted by Crippen LogP contribution is 2.35. The van der Waals surface area contributed by atoms with E-state index >= 15 is 0 Å². The topological polar surface area (TPSA) is 44.1 Å². The molecule has 0 radical (unpaired) electrons. The zero-order valence-electron chi connectivity index (χ0n) is 18.7. The van der Waals surface area contributed by atoms with Gasteiger partial charge in [0.25, 0.3) is 5.56 Å². The van der Waals surface area contributed by atoms with Crippen molar-refractivity contribution in [1.82, 2.24) is 9.55 Å². The van der Waals surface area contributed by atoms with E-state index in [4.69, 9.17) is 21.3 Å². The van der Waals surface area contributed by atoms with Crippen molar-refractivity contribution in [1.29, 1.82) is 0 Å². The van der Waals surface area contributed by atoms with Crippen molar-refractivity contribution >= 4 is 44.9 Å². The predicted octanol–water partition coefficient (Wildman–Crippen LogP) is 6.77. The van der Waals surface area contributed by atoms with E-state index in [0.717, 1.165) is 57.2 Å². The molecule has 2 aromatic carbocycles. The zero-order chi connectivity index (χ0) is 22.9. The molecule has 33 heavy (non-hydrogen) atoms. The standard InChI is InChI=1S/C26H25ClN2O2S2/c1-16-7-8-17(2)21(15-16)29-25(30)23-20-5-3-4-6-22(20)33-24(23)28-26(29)32-14-13-31-19-11-9-18(27)10-12-19/h7-12,15H,3-6,13-14H2,1-2H3. The van der Waals surface area contributed by atoms with Crippen LogP contribution in [0.3, 0.4) is 0 Å². The van der Waals surface area contributed by atoms with Crippen LogP contribution >= 0.6 is 34.7 Å². The number of hydrogen-bond acceptors (Lipinski definition) is 5. The Balaban J connectivity index is 1.52. The highest BCUT2D eigenvalue weighted by molar-refractivity contribution is 7.99. The number of aromatic nitrogens is 2. The van der Waals surface area contributed by atoms with Crippen molar-refractivity contribution in [2.24, 2.45) is 0 Å². The van der Waals surface area contributed by atoms with Gasteiger partial charge in [0, 0.05) is 15.7 Å². The summed E-state index contributed by atoms with van der Waals surface area (Å²) in [6.07, 6.45) is 4.35. The van der Waals surface area contributed by atoms with Gasteiger partial charge in [-0.2, -0.15) is 0 Å². The first kappa shape index (κ1) is 22.5. The minimum atomic E-state index is 0.0502. The molecular weight excluding hydrogens is 472 g/mol. The molecule has 7 heteroatoms. The fourth-order valence-electron chi connectivity index (χ4n) is 4.28. The highest BCUT2D eigenvalue weighted by atomic mass is 35.5. The molecule has 1 aliphatic carbocycles. The first-order valence-electron chi connectivity index (χ1n) is 11.2. The molecule has 0 unspecified atom stereocenters. The molecule has 0 atom stereocenters. The first-order chi connectivity index (χ1) is 16.0. The molecule has 0 spiro atoms. The third-order valence-electron chi connectivity index (χ3n) is 5.96. The normalized spacial score (nSPS) is 13.3. The molecule has 170 valence electrons. The minimum Gasteiger partial charge on any atom is -0.493 e. The largest absolute Gasteiger partial charge is 0.493 e. The van der Waals surface area contributed by atoms with Crippen LogP contribution in [0, 0.1) is 13.8 Å². The lowest BCUT2D eigenvalue weighted by Crippen LogP contribution is -2.23. The summed E-state index contributed by atoms with van der Waals surface area (Å²) in [7, 11) is 0. The van der Waals surface area contributed by atoms with Crippen molar-refractivity contribution in [3.05, 3.63) is 79.4 Å². The summed E-state index contributed by atoms with van der Waals surface area (Å²) < 4.78 is 7.68. The van der Waals surface area contributed by atoms with Gasteiger partial charge in [0.1, 0.15) is 10.6 Å². The van der Waals surface area contributed by atoms with Crippen LogP contribution in [-0.4, -0.2) is 21.9 Å². The Hall–Kier alpha value is -2.28. The van der Waals surface area contributed by atoms with E-state index in [9.17, 15) is 4.79 Å². The smallest absolute Gasteiger partial charge is 0.267 e. The first-order valence-corrected chi connectivity index (χ1v) is 13.4. The van der Waals surface area contributed by atoms with Crippen LogP contribution in [-0.2, 0) is 12.8 Å². The third kappa shape index (κ3) is 4.57. The van der Waals surface area contributed by atoms with E-state index in [-0.39, 0.29) is 5.56 Å². The van der Waals surface area contributed by atoms with E-state index in [1.807, 2.05) is 35.8 Å². The summed E-state index contributed by atoms with van der Waals surface area (Å²) in [5, 5.41) is 2.22. The number of thioether (sulfide) groups is 1. The summed E-state index contributed by atoms with van der Waals surface area (Å²) >= 11 is 9.21. The van der Waals surface area contributed by atoms with Gasteiger partial charge in [0.2, 0.25) is 0 Å². The third-order valence-corrected chi connectivity index (χ3v) is 8.30. The molecule has 0 saturated heterocycles. The van der Waals surface area contributed by atoms with Crippen LogP contribution in [0.4, 0.5) is 0 Å². The molecule has 2 heterocycles. The van der Waals surface area contributed by atoms with Gasteiger partial charge in [-0.05, 0) is 86.6 Å². The number of hydrogen-bond donors (Lipinski definition) is 0. The molecule has 4 aromatic rings. The maximum atomic E-state index is 13.9. The number of halogens is 1. The minimum absolute atomic E-state index is 0.0502. The van der Waals surface area contributed by atoms with Crippen LogP contribution in [0.2, 0.25) is 5.02 Å². The fraction of sp³-hybridized carbons (Fsp3) is 0.308. The quantitative estimate of drug-likeness (QED) is 0.168. The molecule has 0 saturated carbocycles. The average Bonchev–Trinajstić information content (AvgIpc) is 3.18. The molecule has 0 amide bonds. The van der Waals surface area contributed by atoms with Crippen molar-refractivity contribution in [2.45, 2.75) is 44.7 Å². The Morgan fingerprint density at radius 1 is 1.12 bits per heavy atom. The van der Waals surface area contributed by atoms with Gasteiger partial charge < -0.3 is 4.74 Å². The molecular formula is C26H25ClN2O2S2. The number of ether oxygens (including phenoxy) is 1. The van der Waals surface area contributed by atoms with Crippen LogP contribution in [0.5, 0.6) is 5.75 Å². The Bertz CT molecular complexity index is 1380. The number of benzene rings is 2. The van der Waals surface area contributed by atoms with Gasteiger partial charge in [-0.3, -0.25) is 9.36 Å². The highest BCUT2D eigenvalue weighted by Gasteiger charge is 2.23. The summed E-state index contributed by atoms with van der Waals surface area (Å²) in [5.74, 6) is 1.46. The van der Waals surface area contributed by atoms with Gasteiger partial charge in [0.15, 0.2) is 5.16 Å². The number of fused-ring (bicyclic) bond motifs is 3. The van der Waals surface area contributed by atoms with Crippen molar-refractivity contribution in [2.75, 3.05) is 12.4 Å². The monoisotopic (exact) mass is 496 g/mol. The summed E-state index contributed by atoms with van der Waals surface area (Å²) in [5.41, 5.74) is 4.37. The number of nitrogens with zero attached hydrogens (tertiary/aromatic N) is 2. The maximum Gasteiger partial charge on any atom is 0.267 e. The van der Waals surface area contributed by atoms with Crippen LogP contribution < -0.4 is 10.3 Å². The van der Waals surface area contributed by atoms with Crippen LogP contribution in [0.25, 0.3) is 15.9 Å². The Labute approximate surface area is 206 Å². The Morgan fingerprint density at radius 2 is 1.91 bits per heavy atom. The molecule has 0 fully saturated rings. The molecule has 5 rings (SSSR count). The number of rotatable bonds is 6. The van der Waals surface area contributed by atoms with Crippen molar-refractivity contribution < 1.29 is 4.74 Å². The molecule has 0 N–H and O–H groups in total. The molecule has 0 aliphatic heterocycles. The van der Waals surface area contributed by atoms with Crippen molar-refractivity contribution in [3.8, 4) is 11.4 Å². The lowest BCUT2D eigenvalue weighted by Gasteiger charge is -2.16. The van der Waals surface area contributed by atoms with Gasteiger partial charge in [0.05, 0.1) is 17.7 Å². The maximum absolute atomic E-state index is 13.9. The molecule has 1 aliphatic rings.